The minimum atomic E-state index is -0.659. The maximum Gasteiger partial charge on any atom is 0.310 e. The van der Waals surface area contributed by atoms with E-state index in [1.165, 1.54) is 4.48 Å². The number of halogens is 1. The molecule has 0 bridgehead atoms. The zero-order valence-electron chi connectivity index (χ0n) is 7.80. The van der Waals surface area contributed by atoms with Crippen molar-refractivity contribution in [2.75, 3.05) is 0 Å². The molecule has 0 spiro atoms. The molecule has 1 N–H and O–H groups in total. The average Bonchev–Trinajstić information content (AvgIpc) is 2.22. The second-order valence-corrected chi connectivity index (χ2v) is 5.46. The molecule has 2 rings (SSSR count). The lowest BCUT2D eigenvalue weighted by Gasteiger charge is -2.46. The zero-order chi connectivity index (χ0) is 9.85. The van der Waals surface area contributed by atoms with Crippen molar-refractivity contribution in [2.45, 2.75) is 26.7 Å². The van der Waals surface area contributed by atoms with Gasteiger partial charge in [-0.2, -0.15) is 0 Å². The molecule has 0 aromatic rings. The van der Waals surface area contributed by atoms with Gasteiger partial charge in [-0.3, -0.25) is 4.79 Å². The Morgan fingerprint density at radius 2 is 2.31 bits per heavy atom. The molecule has 1 saturated carbocycles. The first-order valence-corrected chi connectivity index (χ1v) is 5.33. The summed E-state index contributed by atoms with van der Waals surface area (Å²) in [6.45, 7) is 3.93. The Bertz CT molecular complexity index is 310. The highest BCUT2D eigenvalue weighted by atomic mass is 79.9. The number of hydrogen-bond acceptors (Lipinski definition) is 1. The molecule has 0 heterocycles. The molecule has 0 aromatic carbocycles. The Hall–Kier alpha value is -0.310. The van der Waals surface area contributed by atoms with Crippen LogP contribution in [0.1, 0.15) is 26.7 Å². The van der Waals surface area contributed by atoms with Crippen molar-refractivity contribution in [2.24, 2.45) is 16.7 Å². The number of carbonyl (C=O) groups is 1. The maximum absolute atomic E-state index is 11.2. The van der Waals surface area contributed by atoms with Gasteiger partial charge >= 0.3 is 5.97 Å². The largest absolute Gasteiger partial charge is 0.481 e. The molecule has 2 nitrogen and oxygen atoms in total. The molecule has 0 saturated heterocycles. The number of fused-ring (bicyclic) bond motifs is 1. The van der Waals surface area contributed by atoms with Crippen LogP contribution in [0.25, 0.3) is 0 Å². The van der Waals surface area contributed by atoms with Gasteiger partial charge in [-0.15, -0.1) is 0 Å². The second kappa shape index (κ2) is 2.38. The van der Waals surface area contributed by atoms with Crippen LogP contribution in [0.3, 0.4) is 0 Å². The third-order valence-electron chi connectivity index (χ3n) is 4.09. The first-order valence-electron chi connectivity index (χ1n) is 4.53. The van der Waals surface area contributed by atoms with Crippen LogP contribution in [-0.2, 0) is 4.79 Å². The lowest BCUT2D eigenvalue weighted by Crippen LogP contribution is -2.45. The van der Waals surface area contributed by atoms with E-state index < -0.39 is 11.4 Å². The summed E-state index contributed by atoms with van der Waals surface area (Å²) in [5.41, 5.74) is -0.688. The van der Waals surface area contributed by atoms with Crippen molar-refractivity contribution in [3.63, 3.8) is 0 Å². The fourth-order valence-corrected chi connectivity index (χ4v) is 3.88. The normalized spacial score (nSPS) is 47.9. The predicted octanol–water partition coefficient (Wildman–Crippen LogP) is 2.79. The van der Waals surface area contributed by atoms with Crippen molar-refractivity contribution in [1.82, 2.24) is 0 Å². The number of carboxylic acids is 1. The third-order valence-corrected chi connectivity index (χ3v) is 4.87. The molecule has 0 aromatic heterocycles. The van der Waals surface area contributed by atoms with E-state index in [1.54, 1.807) is 0 Å². The highest BCUT2D eigenvalue weighted by molar-refractivity contribution is 9.11. The Morgan fingerprint density at radius 1 is 1.69 bits per heavy atom. The monoisotopic (exact) mass is 244 g/mol. The van der Waals surface area contributed by atoms with Crippen LogP contribution in [0.4, 0.5) is 0 Å². The Balaban J connectivity index is 2.42. The molecule has 3 heteroatoms. The number of allylic oxidation sites excluding steroid dienone is 2. The summed E-state index contributed by atoms with van der Waals surface area (Å²) in [4.78, 5) is 11.2. The van der Waals surface area contributed by atoms with Gasteiger partial charge in [0.1, 0.15) is 0 Å². The van der Waals surface area contributed by atoms with E-state index in [2.05, 4.69) is 28.9 Å². The van der Waals surface area contributed by atoms with Gasteiger partial charge < -0.3 is 5.11 Å². The Kier molecular flexibility index (Phi) is 1.69. The fraction of sp³-hybridized carbons (Fsp3) is 0.700. The average molecular weight is 245 g/mol. The topological polar surface area (TPSA) is 37.3 Å². The van der Waals surface area contributed by atoms with Crippen molar-refractivity contribution >= 4 is 21.9 Å². The summed E-state index contributed by atoms with van der Waals surface area (Å²) in [7, 11) is 0. The first kappa shape index (κ1) is 9.25. The van der Waals surface area contributed by atoms with E-state index in [-0.39, 0.29) is 5.41 Å². The van der Waals surface area contributed by atoms with Crippen LogP contribution in [-0.4, -0.2) is 11.1 Å². The molecule has 3 atom stereocenters. The van der Waals surface area contributed by atoms with Gasteiger partial charge in [0.25, 0.3) is 0 Å². The summed E-state index contributed by atoms with van der Waals surface area (Å²) >= 11 is 3.47. The summed E-state index contributed by atoms with van der Waals surface area (Å²) in [6, 6.07) is 0. The Morgan fingerprint density at radius 3 is 2.69 bits per heavy atom. The highest BCUT2D eigenvalue weighted by Crippen LogP contribution is 2.66. The molecule has 0 aliphatic heterocycles. The van der Waals surface area contributed by atoms with Crippen LogP contribution in [0, 0.1) is 16.7 Å². The van der Waals surface area contributed by atoms with Crippen LogP contribution < -0.4 is 0 Å². The molecule has 2 aliphatic carbocycles. The van der Waals surface area contributed by atoms with Crippen molar-refractivity contribution < 1.29 is 9.90 Å². The van der Waals surface area contributed by atoms with Gasteiger partial charge in [-0.25, -0.2) is 0 Å². The molecule has 1 unspecified atom stereocenters. The molecule has 2 aliphatic rings. The summed E-state index contributed by atoms with van der Waals surface area (Å²) in [5.74, 6) is -0.220. The smallest absolute Gasteiger partial charge is 0.310 e. The standard InChI is InChI=1S/C10H13BrO2/c1-9(8(12)13)4-3-6-7(11)5-10(6,9)2/h5-6H,3-4H2,1-2H3,(H,12,13)/t6?,9-,10-/m0/s1. The minimum absolute atomic E-state index is 0.127. The van der Waals surface area contributed by atoms with E-state index in [0.717, 1.165) is 12.8 Å². The summed E-state index contributed by atoms with van der Waals surface area (Å²) in [6.07, 6.45) is 3.85. The molecular formula is C10H13BrO2. The van der Waals surface area contributed by atoms with Crippen molar-refractivity contribution in [3.05, 3.63) is 10.6 Å². The minimum Gasteiger partial charge on any atom is -0.481 e. The van der Waals surface area contributed by atoms with Gasteiger partial charge in [-0.1, -0.05) is 28.9 Å². The first-order chi connectivity index (χ1) is 5.92. The molecule has 0 radical (unpaired) electrons. The lowest BCUT2D eigenvalue weighted by molar-refractivity contribution is -0.153. The van der Waals surface area contributed by atoms with Gasteiger partial charge in [0.2, 0.25) is 0 Å². The summed E-state index contributed by atoms with van der Waals surface area (Å²) in [5, 5.41) is 9.20. The SMILES string of the molecule is C[C@@]1(C(=O)O)CCC2C(Br)=C[C@@]21C. The highest BCUT2D eigenvalue weighted by Gasteiger charge is 2.62. The van der Waals surface area contributed by atoms with Crippen LogP contribution in [0.15, 0.2) is 10.6 Å². The van der Waals surface area contributed by atoms with Crippen LogP contribution in [0.2, 0.25) is 0 Å². The predicted molar refractivity (Wildman–Crippen MR) is 53.6 cm³/mol. The van der Waals surface area contributed by atoms with Crippen molar-refractivity contribution in [1.29, 1.82) is 0 Å². The second-order valence-electron chi connectivity index (χ2n) is 4.54. The molecule has 72 valence electrons. The Labute approximate surface area is 86.1 Å². The van der Waals surface area contributed by atoms with Gasteiger partial charge in [0, 0.05) is 11.3 Å². The number of rotatable bonds is 1. The van der Waals surface area contributed by atoms with E-state index in [0.29, 0.717) is 5.92 Å². The fourth-order valence-electron chi connectivity index (χ4n) is 2.70. The van der Waals surface area contributed by atoms with E-state index in [1.807, 2.05) is 6.92 Å². The van der Waals surface area contributed by atoms with E-state index in [4.69, 9.17) is 0 Å². The number of aliphatic carboxylic acids is 1. The molecule has 1 fully saturated rings. The van der Waals surface area contributed by atoms with E-state index >= 15 is 0 Å². The summed E-state index contributed by atoms with van der Waals surface area (Å²) < 4.78 is 1.19. The van der Waals surface area contributed by atoms with Crippen LogP contribution in [0.5, 0.6) is 0 Å². The molecule has 0 amide bonds. The van der Waals surface area contributed by atoms with Gasteiger partial charge in [0.05, 0.1) is 5.41 Å². The molecular weight excluding hydrogens is 232 g/mol. The number of carboxylic acid groups (broad SMARTS) is 1. The maximum atomic E-state index is 11.2. The quantitative estimate of drug-likeness (QED) is 0.771. The third kappa shape index (κ3) is 0.862. The van der Waals surface area contributed by atoms with Gasteiger partial charge in [0.15, 0.2) is 0 Å². The van der Waals surface area contributed by atoms with Gasteiger partial charge in [-0.05, 0) is 24.2 Å². The lowest BCUT2D eigenvalue weighted by atomic mass is 9.59. The van der Waals surface area contributed by atoms with E-state index in [9.17, 15) is 9.90 Å². The number of hydrogen-bond donors (Lipinski definition) is 1. The van der Waals surface area contributed by atoms with Crippen molar-refractivity contribution in [3.8, 4) is 0 Å². The molecule has 13 heavy (non-hydrogen) atoms. The zero-order valence-corrected chi connectivity index (χ0v) is 9.39. The van der Waals surface area contributed by atoms with Crippen LogP contribution >= 0.6 is 15.9 Å².